The summed E-state index contributed by atoms with van der Waals surface area (Å²) in [6, 6.07) is 1.73. The predicted octanol–water partition coefficient (Wildman–Crippen LogP) is 2.38. The van der Waals surface area contributed by atoms with Crippen molar-refractivity contribution in [2.24, 2.45) is 0 Å². The highest BCUT2D eigenvalue weighted by Gasteiger charge is 2.36. The lowest BCUT2D eigenvalue weighted by atomic mass is 9.93. The van der Waals surface area contributed by atoms with E-state index in [1.807, 2.05) is 6.92 Å². The summed E-state index contributed by atoms with van der Waals surface area (Å²) in [5.74, 6) is 0.993. The number of aryl methyl sites for hydroxylation is 1. The van der Waals surface area contributed by atoms with Gasteiger partial charge in [-0.3, -0.25) is 4.79 Å². The predicted molar refractivity (Wildman–Crippen MR) is 75.0 cm³/mol. The van der Waals surface area contributed by atoms with Crippen LogP contribution in [0.2, 0.25) is 0 Å². The van der Waals surface area contributed by atoms with E-state index < -0.39 is 11.5 Å². The molecule has 0 aromatic carbocycles. The van der Waals surface area contributed by atoms with E-state index >= 15 is 0 Å². The molecule has 1 aromatic rings. The standard InChI is InChI=1S/C14H21N3O3/c1-3-20-12-8-11(15-10(2)16-12)17-14(9-13(18)19)6-4-5-7-14/h8H,3-7,9H2,1-2H3,(H,18,19)(H,15,16,17). The lowest BCUT2D eigenvalue weighted by molar-refractivity contribution is -0.138. The molecule has 6 nitrogen and oxygen atoms in total. The molecule has 0 bridgehead atoms. The first kappa shape index (κ1) is 14.6. The Morgan fingerprint density at radius 3 is 2.75 bits per heavy atom. The first-order valence-electron chi connectivity index (χ1n) is 7.01. The molecule has 20 heavy (non-hydrogen) atoms. The number of carboxylic acid groups (broad SMARTS) is 1. The molecule has 0 amide bonds. The van der Waals surface area contributed by atoms with Crippen molar-refractivity contribution in [2.45, 2.75) is 51.5 Å². The third kappa shape index (κ3) is 3.59. The highest BCUT2D eigenvalue weighted by Crippen LogP contribution is 2.35. The van der Waals surface area contributed by atoms with Gasteiger partial charge in [0.1, 0.15) is 11.6 Å². The lowest BCUT2D eigenvalue weighted by Gasteiger charge is -2.29. The number of anilines is 1. The Labute approximate surface area is 118 Å². The van der Waals surface area contributed by atoms with Gasteiger partial charge in [-0.15, -0.1) is 0 Å². The largest absolute Gasteiger partial charge is 0.481 e. The number of nitrogens with zero attached hydrogens (tertiary/aromatic N) is 2. The topological polar surface area (TPSA) is 84.3 Å². The van der Waals surface area contributed by atoms with Crippen molar-refractivity contribution in [1.29, 1.82) is 0 Å². The fourth-order valence-electron chi connectivity index (χ4n) is 2.79. The Balaban J connectivity index is 2.20. The third-order valence-corrected chi connectivity index (χ3v) is 3.55. The number of rotatable bonds is 6. The van der Waals surface area contributed by atoms with Crippen LogP contribution in [0, 0.1) is 6.92 Å². The molecular weight excluding hydrogens is 258 g/mol. The fourth-order valence-corrected chi connectivity index (χ4v) is 2.79. The molecular formula is C14H21N3O3. The van der Waals surface area contributed by atoms with Crippen molar-refractivity contribution in [3.8, 4) is 5.88 Å². The number of aromatic nitrogens is 2. The summed E-state index contributed by atoms with van der Waals surface area (Å²) in [7, 11) is 0. The number of aliphatic carboxylic acids is 1. The summed E-state index contributed by atoms with van der Waals surface area (Å²) in [4.78, 5) is 19.6. The second-order valence-corrected chi connectivity index (χ2v) is 5.25. The van der Waals surface area contributed by atoms with Gasteiger partial charge in [0.25, 0.3) is 0 Å². The Bertz CT molecular complexity index is 485. The highest BCUT2D eigenvalue weighted by atomic mass is 16.5. The van der Waals surface area contributed by atoms with Crippen molar-refractivity contribution < 1.29 is 14.6 Å². The third-order valence-electron chi connectivity index (χ3n) is 3.55. The van der Waals surface area contributed by atoms with Crippen LogP contribution in [0.25, 0.3) is 0 Å². The summed E-state index contributed by atoms with van der Waals surface area (Å²) in [5.41, 5.74) is -0.393. The van der Waals surface area contributed by atoms with Gasteiger partial charge in [0.2, 0.25) is 5.88 Å². The van der Waals surface area contributed by atoms with Gasteiger partial charge >= 0.3 is 5.97 Å². The van der Waals surface area contributed by atoms with Crippen molar-refractivity contribution in [1.82, 2.24) is 9.97 Å². The molecule has 1 aliphatic carbocycles. The van der Waals surface area contributed by atoms with Crippen LogP contribution in [0.4, 0.5) is 5.82 Å². The quantitative estimate of drug-likeness (QED) is 0.831. The molecule has 1 aromatic heterocycles. The molecule has 1 aliphatic rings. The summed E-state index contributed by atoms with van der Waals surface area (Å²) >= 11 is 0. The van der Waals surface area contributed by atoms with E-state index in [4.69, 9.17) is 9.84 Å². The molecule has 110 valence electrons. The van der Waals surface area contributed by atoms with Crippen LogP contribution in [0.3, 0.4) is 0 Å². The second kappa shape index (κ2) is 6.07. The van der Waals surface area contributed by atoms with Gasteiger partial charge < -0.3 is 15.2 Å². The van der Waals surface area contributed by atoms with E-state index in [1.165, 1.54) is 0 Å². The molecule has 2 rings (SSSR count). The second-order valence-electron chi connectivity index (χ2n) is 5.25. The minimum absolute atomic E-state index is 0.111. The van der Waals surface area contributed by atoms with E-state index in [1.54, 1.807) is 13.0 Å². The molecule has 0 radical (unpaired) electrons. The number of hydrogen-bond acceptors (Lipinski definition) is 5. The highest BCUT2D eigenvalue weighted by molar-refractivity contribution is 5.69. The van der Waals surface area contributed by atoms with Gasteiger partial charge in [0.15, 0.2) is 0 Å². The van der Waals surface area contributed by atoms with E-state index in [0.29, 0.717) is 24.1 Å². The van der Waals surface area contributed by atoms with Crippen LogP contribution in [-0.4, -0.2) is 33.2 Å². The Morgan fingerprint density at radius 1 is 1.45 bits per heavy atom. The van der Waals surface area contributed by atoms with Crippen LogP contribution >= 0.6 is 0 Å². The summed E-state index contributed by atoms with van der Waals surface area (Å²) in [6.07, 6.45) is 3.91. The number of ether oxygens (including phenoxy) is 1. The Hall–Kier alpha value is -1.85. The summed E-state index contributed by atoms with van der Waals surface area (Å²) in [6.45, 7) is 4.23. The smallest absolute Gasteiger partial charge is 0.305 e. The average Bonchev–Trinajstić information content (AvgIpc) is 2.75. The maximum atomic E-state index is 11.1. The van der Waals surface area contributed by atoms with E-state index in [2.05, 4.69) is 15.3 Å². The zero-order valence-electron chi connectivity index (χ0n) is 12.0. The van der Waals surface area contributed by atoms with Crippen LogP contribution < -0.4 is 10.1 Å². The molecule has 0 spiro atoms. The maximum Gasteiger partial charge on any atom is 0.305 e. The zero-order valence-corrected chi connectivity index (χ0v) is 12.0. The average molecular weight is 279 g/mol. The Morgan fingerprint density at radius 2 is 2.15 bits per heavy atom. The zero-order chi connectivity index (χ0) is 14.6. The van der Waals surface area contributed by atoms with Gasteiger partial charge in [0, 0.05) is 11.6 Å². The lowest BCUT2D eigenvalue weighted by Crippen LogP contribution is -2.38. The summed E-state index contributed by atoms with van der Waals surface area (Å²) in [5, 5.41) is 12.4. The summed E-state index contributed by atoms with van der Waals surface area (Å²) < 4.78 is 5.40. The number of hydrogen-bond donors (Lipinski definition) is 2. The molecule has 1 heterocycles. The minimum atomic E-state index is -0.782. The van der Waals surface area contributed by atoms with E-state index in [9.17, 15) is 4.79 Å². The van der Waals surface area contributed by atoms with Gasteiger partial charge in [-0.1, -0.05) is 12.8 Å². The van der Waals surface area contributed by atoms with Gasteiger partial charge in [-0.05, 0) is 26.7 Å². The number of nitrogens with one attached hydrogen (secondary N) is 1. The molecule has 6 heteroatoms. The van der Waals surface area contributed by atoms with Crippen molar-refractivity contribution in [2.75, 3.05) is 11.9 Å². The Kier molecular flexibility index (Phi) is 4.42. The van der Waals surface area contributed by atoms with Crippen LogP contribution in [0.15, 0.2) is 6.07 Å². The minimum Gasteiger partial charge on any atom is -0.481 e. The molecule has 1 fully saturated rings. The molecule has 0 atom stereocenters. The molecule has 0 aliphatic heterocycles. The van der Waals surface area contributed by atoms with Gasteiger partial charge in [-0.25, -0.2) is 4.98 Å². The number of carbonyl (C=O) groups is 1. The monoisotopic (exact) mass is 279 g/mol. The number of carboxylic acids is 1. The van der Waals surface area contributed by atoms with Crippen molar-refractivity contribution in [3.63, 3.8) is 0 Å². The van der Waals surface area contributed by atoms with Crippen molar-refractivity contribution in [3.05, 3.63) is 11.9 Å². The van der Waals surface area contributed by atoms with E-state index in [-0.39, 0.29) is 6.42 Å². The fraction of sp³-hybridized carbons (Fsp3) is 0.643. The maximum absolute atomic E-state index is 11.1. The molecule has 2 N–H and O–H groups in total. The van der Waals surface area contributed by atoms with Gasteiger partial charge in [-0.2, -0.15) is 4.98 Å². The van der Waals surface area contributed by atoms with Crippen LogP contribution in [0.1, 0.15) is 44.9 Å². The van der Waals surface area contributed by atoms with Crippen LogP contribution in [-0.2, 0) is 4.79 Å². The van der Waals surface area contributed by atoms with E-state index in [0.717, 1.165) is 25.7 Å². The first-order valence-corrected chi connectivity index (χ1v) is 7.01. The normalized spacial score (nSPS) is 16.9. The van der Waals surface area contributed by atoms with Crippen LogP contribution in [0.5, 0.6) is 5.88 Å². The van der Waals surface area contributed by atoms with Gasteiger partial charge in [0.05, 0.1) is 13.0 Å². The molecule has 0 unspecified atom stereocenters. The van der Waals surface area contributed by atoms with Crippen molar-refractivity contribution >= 4 is 11.8 Å². The molecule has 1 saturated carbocycles. The first-order chi connectivity index (χ1) is 9.53. The molecule has 0 saturated heterocycles. The SMILES string of the molecule is CCOc1cc(NC2(CC(=O)O)CCCC2)nc(C)n1.